The third kappa shape index (κ3) is 24.9. The zero-order valence-electron chi connectivity index (χ0n) is 44.7. The highest BCUT2D eigenvalue weighted by Crippen LogP contribution is 2.36. The number of hydrogen-bond donors (Lipinski definition) is 7. The maximum atomic E-state index is 11.0. The van der Waals surface area contributed by atoms with Gasteiger partial charge >= 0.3 is 31.0 Å². The number of nitrogens with two attached hydrogens (primary N) is 1. The maximum absolute atomic E-state index is 11.0. The number of azo groups is 1. The van der Waals surface area contributed by atoms with Crippen LogP contribution in [0.15, 0.2) is 121 Å². The number of hydrogen-bond acceptors (Lipinski definition) is 30. The molecule has 0 aliphatic rings. The van der Waals surface area contributed by atoms with E-state index in [0.29, 0.717) is 62.4 Å². The molecule has 5 aromatic carbocycles. The lowest BCUT2D eigenvalue weighted by Gasteiger charge is -2.22. The number of nitriles is 2. The molecule has 0 aliphatic heterocycles. The fraction of sp³-hybridized carbons (Fsp3) is 0.239. The molecule has 0 radical (unpaired) electrons. The highest BCUT2D eigenvalue weighted by atomic mass is 32.3. The van der Waals surface area contributed by atoms with Crippen molar-refractivity contribution in [2.75, 3.05) is 41.7 Å². The highest BCUT2D eigenvalue weighted by molar-refractivity contribution is 7.85. The Hall–Kier alpha value is -8.92. The Balaban J connectivity index is 0.000000383. The molecule has 0 saturated heterocycles. The predicted molar refractivity (Wildman–Crippen MR) is 323 cm³/mol. The minimum Gasteiger partial charge on any atom is -0.389 e. The van der Waals surface area contributed by atoms with Crippen molar-refractivity contribution in [3.63, 3.8) is 0 Å². The van der Waals surface area contributed by atoms with Crippen LogP contribution in [-0.4, -0.2) is 104 Å². The molecule has 3 heterocycles. The summed E-state index contributed by atoms with van der Waals surface area (Å²) in [4.78, 5) is 34.9. The van der Waals surface area contributed by atoms with Gasteiger partial charge in [-0.15, -0.1) is 19.7 Å². The van der Waals surface area contributed by atoms with Crippen LogP contribution in [0.25, 0.3) is 32.7 Å². The van der Waals surface area contributed by atoms with Crippen LogP contribution in [0.2, 0.25) is 0 Å². The summed E-state index contributed by atoms with van der Waals surface area (Å²) < 4.78 is 93.0. The Kier molecular flexibility index (Phi) is 30.3. The number of fused-ring (bicyclic) bond motifs is 3. The Morgan fingerprint density at radius 3 is 1.46 bits per heavy atom. The van der Waals surface area contributed by atoms with E-state index in [1.165, 1.54) is 53.7 Å². The van der Waals surface area contributed by atoms with Crippen molar-refractivity contribution in [1.82, 2.24) is 13.1 Å². The summed E-state index contributed by atoms with van der Waals surface area (Å²) in [6.07, 6.45) is 1.06. The van der Waals surface area contributed by atoms with Crippen LogP contribution in [0.3, 0.4) is 0 Å². The summed E-state index contributed by atoms with van der Waals surface area (Å²) in [5.41, 5.74) is 12.4. The van der Waals surface area contributed by atoms with E-state index >= 15 is 0 Å². The van der Waals surface area contributed by atoms with Crippen molar-refractivity contribution in [2.24, 2.45) is 24.4 Å². The fourth-order valence-electron chi connectivity index (χ4n) is 6.57. The normalized spacial score (nSPS) is 11.4. The average molecular weight is 1330 g/mol. The quantitative estimate of drug-likeness (QED) is 0.0146. The zero-order chi connectivity index (χ0) is 64.4. The van der Waals surface area contributed by atoms with Crippen molar-refractivity contribution >= 4 is 147 Å². The van der Waals surface area contributed by atoms with Gasteiger partial charge in [-0.1, -0.05) is 23.9 Å². The molecule has 35 nitrogen and oxygen atoms in total. The van der Waals surface area contributed by atoms with E-state index in [1.54, 1.807) is 16.7 Å². The molecule has 466 valence electrons. The van der Waals surface area contributed by atoms with Crippen LogP contribution in [0.4, 0.5) is 49.1 Å². The van der Waals surface area contributed by atoms with E-state index in [-0.39, 0.29) is 34.9 Å². The van der Waals surface area contributed by atoms with Crippen LogP contribution in [0, 0.1) is 66.9 Å². The monoisotopic (exact) mass is 1320 g/mol. The molecule has 87 heavy (non-hydrogen) atoms. The third-order valence-corrected chi connectivity index (χ3v) is 13.5. The lowest BCUT2D eigenvalue weighted by atomic mass is 10.1. The lowest BCUT2D eigenvalue weighted by Crippen LogP contribution is -2.23. The summed E-state index contributed by atoms with van der Waals surface area (Å²) in [5.74, 6) is 0. The summed E-state index contributed by atoms with van der Waals surface area (Å²) in [5, 5.41) is 86.6. The SMILES string of the molecule is C.CCN(CCC#N)c1ccc(N=Nc2snc3ccc([N+](=O)[O-])cc23)c(C)c1.CCN(CCC#N)c1cccc(C)c1.Nc1snc2ccc([N+](=O)[O-])cc12.O=S(=O)(O)O.O=S(O)(=NO)OO.O=[N+]([O-])c1ccc2nsc(N=NS(=O)(=O)OO)c2c1. The van der Waals surface area contributed by atoms with Gasteiger partial charge in [-0.2, -0.15) is 44.7 Å². The largest absolute Gasteiger partial charge is 0.425 e. The zero-order valence-corrected chi connectivity index (χ0v) is 49.6. The van der Waals surface area contributed by atoms with Gasteiger partial charge in [-0.3, -0.25) is 49.2 Å². The molecule has 0 aliphatic carbocycles. The second-order valence-electron chi connectivity index (χ2n) is 16.1. The van der Waals surface area contributed by atoms with Gasteiger partial charge < -0.3 is 15.5 Å². The van der Waals surface area contributed by atoms with Crippen molar-refractivity contribution < 1.29 is 73.9 Å². The first-order valence-corrected chi connectivity index (χ1v) is 29.9. The Bertz CT molecular complexity index is 4150. The number of aromatic nitrogens is 3. The van der Waals surface area contributed by atoms with E-state index in [4.69, 9.17) is 54.1 Å². The third-order valence-electron chi connectivity index (χ3n) is 10.4. The molecule has 8 N–H and O–H groups in total. The molecule has 3 aromatic heterocycles. The van der Waals surface area contributed by atoms with Crippen LogP contribution in [-0.2, 0) is 39.7 Å². The first-order valence-electron chi connectivity index (χ1n) is 23.4. The molecular formula is C46H52N16O19S6. The predicted octanol–water partition coefficient (Wildman–Crippen LogP) is 11.9. The van der Waals surface area contributed by atoms with Gasteiger partial charge in [0.15, 0.2) is 10.0 Å². The number of aryl methyl sites for hydroxylation is 2. The highest BCUT2D eigenvalue weighted by Gasteiger charge is 2.16. The minimum absolute atomic E-state index is 0. The number of nitrogen functional groups attached to an aromatic ring is 1. The van der Waals surface area contributed by atoms with Crippen molar-refractivity contribution in [1.29, 1.82) is 10.5 Å². The number of non-ortho nitro benzene ring substituents is 3. The summed E-state index contributed by atoms with van der Waals surface area (Å²) >= 11 is 3.10. The molecule has 0 amide bonds. The Morgan fingerprint density at radius 2 is 1.07 bits per heavy atom. The van der Waals surface area contributed by atoms with Gasteiger partial charge in [-0.25, -0.2) is 10.5 Å². The average Bonchev–Trinajstić information content (AvgIpc) is 3.49. The molecule has 0 fully saturated rings. The van der Waals surface area contributed by atoms with E-state index in [0.717, 1.165) is 65.5 Å². The molecule has 8 aromatic rings. The molecule has 0 spiro atoms. The maximum Gasteiger partial charge on any atom is 0.425 e. The standard InChI is InChI=1S/C19H18N6O2S.C12H16N2.C7H4N4O6S2.C7H5N3O2S.CH4.H3NO5S.H2O4S/c1-3-24(10-4-9-20)14-5-7-17(13(2)11-14)21-22-19-16-12-15(25(26)27)6-8-18(16)23-28-19;1-3-14(9-5-8-13)12-7-4-6-11(2)10-12;12-11(13)4-1-2-6-5(3-4)7(18-9-6)8-10-19(15,16)17-14;8-7-5-3-4(10(11)12)1-2-6(5)9-13-7;;2-1-7(4,5)6-3;1-5(2,3)4/h5-8,11-12H,3-4,10H2,1-2H3;4,6-7,10H,3,5,9H2,1-2H3;1-3,14H;1-3H,8H2;1H4;2-3H,(H,1,4,5);(H2,1,2,3,4). The van der Waals surface area contributed by atoms with Crippen LogP contribution in [0.5, 0.6) is 0 Å². The molecule has 0 bridgehead atoms. The van der Waals surface area contributed by atoms with Gasteiger partial charge in [0.1, 0.15) is 5.00 Å². The van der Waals surface area contributed by atoms with E-state index in [1.807, 2.05) is 25.1 Å². The summed E-state index contributed by atoms with van der Waals surface area (Å²) in [6.45, 7) is 11.5. The van der Waals surface area contributed by atoms with Gasteiger partial charge in [0.2, 0.25) is 0 Å². The van der Waals surface area contributed by atoms with Gasteiger partial charge in [-0.05, 0) is 131 Å². The number of anilines is 3. The van der Waals surface area contributed by atoms with Gasteiger partial charge in [0, 0.05) is 90.1 Å². The van der Waals surface area contributed by atoms with Crippen molar-refractivity contribution in [3.05, 3.63) is 139 Å². The van der Waals surface area contributed by atoms with E-state index in [2.05, 4.69) is 109 Å². The fourth-order valence-corrected chi connectivity index (χ4v) is 8.84. The van der Waals surface area contributed by atoms with E-state index in [9.17, 15) is 43.0 Å². The number of nitro benzene ring substituents is 3. The van der Waals surface area contributed by atoms with Crippen LogP contribution < -0.4 is 15.5 Å². The summed E-state index contributed by atoms with van der Waals surface area (Å²) in [7, 11) is -13.4. The van der Waals surface area contributed by atoms with Gasteiger partial charge in [0.25, 0.3) is 17.1 Å². The van der Waals surface area contributed by atoms with Crippen LogP contribution >= 0.6 is 34.6 Å². The molecule has 8 rings (SSSR count). The van der Waals surface area contributed by atoms with Crippen molar-refractivity contribution in [2.45, 2.75) is 48.0 Å². The molecule has 1 atom stereocenters. The molecule has 0 saturated carbocycles. The van der Waals surface area contributed by atoms with E-state index < -0.39 is 45.8 Å². The molecule has 41 heteroatoms. The second kappa shape index (κ2) is 35.5. The number of benzene rings is 5. The van der Waals surface area contributed by atoms with Crippen molar-refractivity contribution in [3.8, 4) is 12.1 Å². The Labute approximate surface area is 506 Å². The number of nitro groups is 3. The van der Waals surface area contributed by atoms with Crippen LogP contribution in [0.1, 0.15) is 45.2 Å². The first kappa shape index (κ1) is 74.2. The smallest absolute Gasteiger partial charge is 0.389 e. The molecule has 1 unspecified atom stereocenters. The first-order chi connectivity index (χ1) is 40.5. The summed E-state index contributed by atoms with van der Waals surface area (Å²) in [6, 6.07) is 31.4. The lowest BCUT2D eigenvalue weighted by molar-refractivity contribution is -0.384. The minimum atomic E-state index is -4.67. The number of rotatable bonds is 17. The Morgan fingerprint density at radius 1 is 0.632 bits per heavy atom. The second-order valence-corrected chi connectivity index (χ2v) is 21.7. The number of nitrogens with zero attached hydrogens (tertiary/aromatic N) is 15. The topological polar surface area (TPSA) is 535 Å². The molecular weight excluding hydrogens is 1270 g/mol. The van der Waals surface area contributed by atoms with Gasteiger partial charge in [0.05, 0.1) is 62.0 Å².